The second-order valence-electron chi connectivity index (χ2n) is 5.32. The molecule has 1 aliphatic carbocycles. The van der Waals surface area contributed by atoms with E-state index < -0.39 is 0 Å². The molecule has 0 aromatic heterocycles. The maximum Gasteiger partial charge on any atom is 0.203 e. The van der Waals surface area contributed by atoms with E-state index in [9.17, 15) is 0 Å². The molecule has 0 unspecified atom stereocenters. The summed E-state index contributed by atoms with van der Waals surface area (Å²) in [6, 6.07) is 10.5. The first-order valence-corrected chi connectivity index (χ1v) is 7.29. The monoisotopic (exact) mass is 296 g/mol. The van der Waals surface area contributed by atoms with Crippen molar-refractivity contribution in [1.29, 1.82) is 0 Å². The van der Waals surface area contributed by atoms with Crippen molar-refractivity contribution in [2.24, 2.45) is 0 Å². The lowest BCUT2D eigenvalue weighted by Crippen LogP contribution is -2.00. The van der Waals surface area contributed by atoms with Crippen LogP contribution in [0.4, 0.5) is 0 Å². The maximum atomic E-state index is 5.67. The number of hydrogen-bond acceptors (Lipinski definition) is 3. The molecule has 22 heavy (non-hydrogen) atoms. The van der Waals surface area contributed by atoms with Crippen molar-refractivity contribution in [3.63, 3.8) is 0 Å². The molecule has 3 heteroatoms. The number of rotatable bonds is 3. The van der Waals surface area contributed by atoms with Gasteiger partial charge in [-0.05, 0) is 41.7 Å². The third-order valence-electron chi connectivity index (χ3n) is 4.16. The van der Waals surface area contributed by atoms with E-state index >= 15 is 0 Å². The molecule has 3 nitrogen and oxygen atoms in total. The van der Waals surface area contributed by atoms with Crippen LogP contribution < -0.4 is 14.2 Å². The van der Waals surface area contributed by atoms with E-state index in [1.165, 1.54) is 16.7 Å². The third-order valence-corrected chi connectivity index (χ3v) is 4.16. The molecule has 3 rings (SSSR count). The van der Waals surface area contributed by atoms with Crippen LogP contribution in [0, 0.1) is 0 Å². The molecule has 2 aromatic rings. The molecule has 0 aliphatic heterocycles. The Morgan fingerprint density at radius 2 is 1.59 bits per heavy atom. The normalized spacial score (nSPS) is 12.6. The fourth-order valence-electron chi connectivity index (χ4n) is 3.09. The van der Waals surface area contributed by atoms with Crippen LogP contribution in [0.3, 0.4) is 0 Å². The molecule has 0 amide bonds. The summed E-state index contributed by atoms with van der Waals surface area (Å²) < 4.78 is 16.7. The van der Waals surface area contributed by atoms with Gasteiger partial charge in [-0.2, -0.15) is 0 Å². The highest BCUT2D eigenvalue weighted by Crippen LogP contribution is 2.49. The zero-order valence-corrected chi connectivity index (χ0v) is 13.4. The van der Waals surface area contributed by atoms with Gasteiger partial charge < -0.3 is 14.2 Å². The summed E-state index contributed by atoms with van der Waals surface area (Å²) in [7, 11) is 4.95. The van der Waals surface area contributed by atoms with Gasteiger partial charge in [0, 0.05) is 5.56 Å². The summed E-state index contributed by atoms with van der Waals surface area (Å²) in [4.78, 5) is 0. The molecule has 0 saturated carbocycles. The van der Waals surface area contributed by atoms with Crippen LogP contribution in [-0.2, 0) is 6.42 Å². The molecule has 0 atom stereocenters. The van der Waals surface area contributed by atoms with Crippen molar-refractivity contribution in [3.8, 4) is 28.4 Å². The number of fused-ring (bicyclic) bond motifs is 3. The second kappa shape index (κ2) is 5.76. The number of allylic oxidation sites excluding steroid dienone is 2. The predicted molar refractivity (Wildman–Crippen MR) is 88.9 cm³/mol. The Bertz CT molecular complexity index is 745. The maximum absolute atomic E-state index is 5.67. The summed E-state index contributed by atoms with van der Waals surface area (Å²) >= 11 is 0. The summed E-state index contributed by atoms with van der Waals surface area (Å²) in [5.74, 6) is 2.04. The van der Waals surface area contributed by atoms with Crippen LogP contribution >= 0.6 is 0 Å². The molecular weight excluding hydrogens is 276 g/mol. The Morgan fingerprint density at radius 1 is 0.864 bits per heavy atom. The molecule has 0 bridgehead atoms. The molecule has 1 aliphatic rings. The van der Waals surface area contributed by atoms with Gasteiger partial charge >= 0.3 is 0 Å². The van der Waals surface area contributed by atoms with E-state index in [1.54, 1.807) is 21.3 Å². The minimum absolute atomic E-state index is 0.635. The topological polar surface area (TPSA) is 27.7 Å². The number of hydrogen-bond donors (Lipinski definition) is 0. The second-order valence-corrected chi connectivity index (χ2v) is 5.32. The molecule has 0 N–H and O–H groups in total. The van der Waals surface area contributed by atoms with Crippen LogP contribution in [-0.4, -0.2) is 21.3 Å². The van der Waals surface area contributed by atoms with Crippen LogP contribution in [0.5, 0.6) is 17.2 Å². The van der Waals surface area contributed by atoms with E-state index in [0.717, 1.165) is 23.3 Å². The SMILES string of the molecule is COc1cc2c(c(OC)c1OC)C(C)=CCc1ccccc1-2. The average molecular weight is 296 g/mol. The van der Waals surface area contributed by atoms with Crippen molar-refractivity contribution in [3.05, 3.63) is 47.5 Å². The Hall–Kier alpha value is -2.42. The number of ether oxygens (including phenoxy) is 3. The summed E-state index contributed by atoms with van der Waals surface area (Å²) in [6.07, 6.45) is 3.14. The predicted octanol–water partition coefficient (Wildman–Crippen LogP) is 4.34. The van der Waals surface area contributed by atoms with Gasteiger partial charge in [-0.15, -0.1) is 0 Å². The van der Waals surface area contributed by atoms with Gasteiger partial charge in [0.15, 0.2) is 11.5 Å². The average Bonchev–Trinajstić information content (AvgIpc) is 2.70. The fraction of sp³-hybridized carbons (Fsp3) is 0.263. The van der Waals surface area contributed by atoms with Crippen LogP contribution in [0.25, 0.3) is 16.7 Å². The van der Waals surface area contributed by atoms with Crippen LogP contribution in [0.1, 0.15) is 18.1 Å². The Morgan fingerprint density at radius 3 is 2.27 bits per heavy atom. The summed E-state index contributed by atoms with van der Waals surface area (Å²) in [5.41, 5.74) is 5.89. The van der Waals surface area contributed by atoms with Crippen molar-refractivity contribution in [1.82, 2.24) is 0 Å². The lowest BCUT2D eigenvalue weighted by atomic mass is 9.93. The van der Waals surface area contributed by atoms with Gasteiger partial charge in [-0.25, -0.2) is 0 Å². The minimum Gasteiger partial charge on any atom is -0.493 e. The Kier molecular flexibility index (Phi) is 3.80. The Labute approximate surface area is 131 Å². The first kappa shape index (κ1) is 14.5. The lowest BCUT2D eigenvalue weighted by Gasteiger charge is -2.20. The van der Waals surface area contributed by atoms with Gasteiger partial charge in [0.25, 0.3) is 0 Å². The first-order valence-electron chi connectivity index (χ1n) is 7.29. The zero-order valence-electron chi connectivity index (χ0n) is 13.4. The Balaban J connectivity index is 2.42. The van der Waals surface area contributed by atoms with E-state index in [0.29, 0.717) is 11.5 Å². The van der Waals surface area contributed by atoms with Crippen molar-refractivity contribution >= 4 is 5.57 Å². The summed E-state index contributed by atoms with van der Waals surface area (Å²) in [5, 5.41) is 0. The third kappa shape index (κ3) is 2.13. The molecule has 0 radical (unpaired) electrons. The zero-order chi connectivity index (χ0) is 15.7. The molecule has 0 heterocycles. The highest BCUT2D eigenvalue weighted by atomic mass is 16.5. The first-order chi connectivity index (χ1) is 10.7. The quantitative estimate of drug-likeness (QED) is 0.843. The highest BCUT2D eigenvalue weighted by Gasteiger charge is 2.24. The van der Waals surface area contributed by atoms with E-state index in [-0.39, 0.29) is 0 Å². The molecule has 0 saturated heterocycles. The van der Waals surface area contributed by atoms with Gasteiger partial charge in [-0.1, -0.05) is 30.3 Å². The van der Waals surface area contributed by atoms with E-state index in [4.69, 9.17) is 14.2 Å². The van der Waals surface area contributed by atoms with Gasteiger partial charge in [0.05, 0.1) is 21.3 Å². The van der Waals surface area contributed by atoms with Crippen molar-refractivity contribution in [2.75, 3.05) is 21.3 Å². The van der Waals surface area contributed by atoms with Crippen molar-refractivity contribution < 1.29 is 14.2 Å². The fourth-order valence-corrected chi connectivity index (χ4v) is 3.09. The molecular formula is C19H20O3. The smallest absolute Gasteiger partial charge is 0.203 e. The van der Waals surface area contributed by atoms with Crippen LogP contribution in [0.2, 0.25) is 0 Å². The minimum atomic E-state index is 0.635. The largest absolute Gasteiger partial charge is 0.493 e. The lowest BCUT2D eigenvalue weighted by molar-refractivity contribution is 0.324. The van der Waals surface area contributed by atoms with Gasteiger partial charge in [0.2, 0.25) is 5.75 Å². The van der Waals surface area contributed by atoms with Crippen LogP contribution in [0.15, 0.2) is 36.4 Å². The molecule has 0 fully saturated rings. The number of benzene rings is 2. The summed E-state index contributed by atoms with van der Waals surface area (Å²) in [6.45, 7) is 2.11. The van der Waals surface area contributed by atoms with Gasteiger partial charge in [-0.3, -0.25) is 0 Å². The highest BCUT2D eigenvalue weighted by molar-refractivity contribution is 5.90. The van der Waals surface area contributed by atoms with Gasteiger partial charge in [0.1, 0.15) is 0 Å². The molecule has 114 valence electrons. The van der Waals surface area contributed by atoms with E-state index in [2.05, 4.69) is 37.3 Å². The van der Waals surface area contributed by atoms with Crippen molar-refractivity contribution in [2.45, 2.75) is 13.3 Å². The van der Waals surface area contributed by atoms with E-state index in [1.807, 2.05) is 6.07 Å². The standard InChI is InChI=1S/C19H20O3/c1-12-9-10-13-7-5-6-8-14(13)15-11-16(20-2)18(21-3)19(22-4)17(12)15/h5-9,11H,10H2,1-4H3. The molecule has 2 aromatic carbocycles. The number of methoxy groups -OCH3 is 3. The molecule has 0 spiro atoms.